The van der Waals surface area contributed by atoms with Crippen molar-refractivity contribution in [2.75, 3.05) is 0 Å². The van der Waals surface area contributed by atoms with Crippen molar-refractivity contribution < 1.29 is 4.39 Å². The van der Waals surface area contributed by atoms with Crippen molar-refractivity contribution >= 4 is 17.2 Å². The molecule has 0 amide bonds. The van der Waals surface area contributed by atoms with Gasteiger partial charge in [0.25, 0.3) is 0 Å². The lowest BCUT2D eigenvalue weighted by molar-refractivity contribution is 0.318. The SMILES string of the molecule is C=CC1CC=C(c2ccc(-c3ccc(C4CCC(CC)CC4)c(Cl)c3F)cc2)CC1. The van der Waals surface area contributed by atoms with Crippen LogP contribution in [0.25, 0.3) is 16.7 Å². The predicted molar refractivity (Wildman–Crippen MR) is 127 cm³/mol. The van der Waals surface area contributed by atoms with E-state index in [1.807, 2.05) is 18.2 Å². The van der Waals surface area contributed by atoms with Gasteiger partial charge in [0.2, 0.25) is 0 Å². The molecule has 0 radical (unpaired) electrons. The van der Waals surface area contributed by atoms with E-state index >= 15 is 4.39 Å². The third-order valence-electron chi connectivity index (χ3n) is 7.33. The molecule has 0 aromatic heterocycles. The number of allylic oxidation sites excluding steroid dienone is 3. The summed E-state index contributed by atoms with van der Waals surface area (Å²) in [5, 5.41) is 0.321. The molecule has 0 aliphatic heterocycles. The molecule has 0 spiro atoms. The highest BCUT2D eigenvalue weighted by Crippen LogP contribution is 2.42. The Hall–Kier alpha value is -1.86. The maximum atomic E-state index is 15.2. The molecule has 0 heterocycles. The summed E-state index contributed by atoms with van der Waals surface area (Å²) in [6.07, 6.45) is 13.6. The maximum absolute atomic E-state index is 15.2. The minimum atomic E-state index is -0.273. The van der Waals surface area contributed by atoms with Crippen LogP contribution in [0, 0.1) is 17.7 Å². The average molecular weight is 423 g/mol. The fourth-order valence-corrected chi connectivity index (χ4v) is 5.50. The van der Waals surface area contributed by atoms with Gasteiger partial charge in [0, 0.05) is 5.56 Å². The zero-order chi connectivity index (χ0) is 21.1. The van der Waals surface area contributed by atoms with Crippen molar-refractivity contribution in [2.45, 2.75) is 64.2 Å². The van der Waals surface area contributed by atoms with E-state index in [-0.39, 0.29) is 5.82 Å². The van der Waals surface area contributed by atoms with Gasteiger partial charge in [-0.1, -0.05) is 73.5 Å². The van der Waals surface area contributed by atoms with Crippen LogP contribution in [0.3, 0.4) is 0 Å². The first-order valence-electron chi connectivity index (χ1n) is 11.5. The van der Waals surface area contributed by atoms with E-state index in [1.165, 1.54) is 30.4 Å². The number of rotatable bonds is 5. The Labute approximate surface area is 185 Å². The van der Waals surface area contributed by atoms with Crippen molar-refractivity contribution in [3.8, 4) is 11.1 Å². The molecule has 1 unspecified atom stereocenters. The fourth-order valence-electron chi connectivity index (χ4n) is 5.18. The molecule has 2 aliphatic carbocycles. The van der Waals surface area contributed by atoms with Gasteiger partial charge in [-0.25, -0.2) is 4.39 Å². The van der Waals surface area contributed by atoms with Crippen LogP contribution in [-0.4, -0.2) is 0 Å². The van der Waals surface area contributed by atoms with E-state index in [1.54, 1.807) is 0 Å². The highest BCUT2D eigenvalue weighted by molar-refractivity contribution is 6.32. The summed E-state index contributed by atoms with van der Waals surface area (Å²) < 4.78 is 15.2. The van der Waals surface area contributed by atoms with Crippen molar-refractivity contribution in [3.63, 3.8) is 0 Å². The molecule has 158 valence electrons. The van der Waals surface area contributed by atoms with Gasteiger partial charge in [-0.05, 0) is 85.0 Å². The van der Waals surface area contributed by atoms with E-state index in [4.69, 9.17) is 11.6 Å². The van der Waals surface area contributed by atoms with E-state index in [2.05, 4.69) is 43.9 Å². The molecule has 2 heteroatoms. The Bertz CT molecular complexity index is 916. The first kappa shape index (κ1) is 21.4. The van der Waals surface area contributed by atoms with Gasteiger partial charge < -0.3 is 0 Å². The normalized spacial score (nSPS) is 24.4. The summed E-state index contributed by atoms with van der Waals surface area (Å²) >= 11 is 6.54. The Morgan fingerprint density at radius 2 is 1.70 bits per heavy atom. The summed E-state index contributed by atoms with van der Waals surface area (Å²) in [5.74, 6) is 1.54. The van der Waals surface area contributed by atoms with Crippen LogP contribution < -0.4 is 0 Å². The molecule has 1 atom stereocenters. The largest absolute Gasteiger partial charge is 0.205 e. The van der Waals surface area contributed by atoms with E-state index in [0.29, 0.717) is 22.4 Å². The lowest BCUT2D eigenvalue weighted by atomic mass is 9.77. The van der Waals surface area contributed by atoms with Gasteiger partial charge >= 0.3 is 0 Å². The topological polar surface area (TPSA) is 0 Å². The highest BCUT2D eigenvalue weighted by Gasteiger charge is 2.25. The predicted octanol–water partition coefficient (Wildman–Crippen LogP) is 9.20. The van der Waals surface area contributed by atoms with Crippen LogP contribution in [-0.2, 0) is 0 Å². The summed E-state index contributed by atoms with van der Waals surface area (Å²) in [5.41, 5.74) is 5.10. The van der Waals surface area contributed by atoms with Crippen molar-refractivity contribution in [1.29, 1.82) is 0 Å². The summed E-state index contributed by atoms with van der Waals surface area (Å²) in [6, 6.07) is 12.3. The molecule has 1 saturated carbocycles. The number of benzene rings is 2. The quantitative estimate of drug-likeness (QED) is 0.421. The fraction of sp³-hybridized carbons (Fsp3) is 0.429. The molecule has 1 fully saturated rings. The summed E-state index contributed by atoms with van der Waals surface area (Å²) in [4.78, 5) is 0. The molecular formula is C28H32ClF. The van der Waals surface area contributed by atoms with Crippen LogP contribution in [0.2, 0.25) is 5.02 Å². The zero-order valence-electron chi connectivity index (χ0n) is 18.0. The Kier molecular flexibility index (Phi) is 6.78. The lowest BCUT2D eigenvalue weighted by Crippen LogP contribution is -2.13. The third-order valence-corrected chi connectivity index (χ3v) is 7.71. The number of halogens is 2. The molecule has 0 N–H and O–H groups in total. The maximum Gasteiger partial charge on any atom is 0.149 e. The first-order chi connectivity index (χ1) is 14.6. The minimum Gasteiger partial charge on any atom is -0.205 e. The Morgan fingerprint density at radius 1 is 1.00 bits per heavy atom. The van der Waals surface area contributed by atoms with Crippen LogP contribution in [0.15, 0.2) is 55.1 Å². The van der Waals surface area contributed by atoms with Gasteiger partial charge in [-0.3, -0.25) is 0 Å². The van der Waals surface area contributed by atoms with Crippen LogP contribution in [0.1, 0.15) is 75.3 Å². The van der Waals surface area contributed by atoms with Gasteiger partial charge in [0.15, 0.2) is 0 Å². The van der Waals surface area contributed by atoms with E-state index in [0.717, 1.165) is 49.1 Å². The third kappa shape index (κ3) is 4.42. The van der Waals surface area contributed by atoms with E-state index < -0.39 is 0 Å². The molecule has 4 rings (SSSR count). The number of hydrogen-bond donors (Lipinski definition) is 0. The second-order valence-corrected chi connectivity index (χ2v) is 9.41. The van der Waals surface area contributed by atoms with Crippen LogP contribution >= 0.6 is 11.6 Å². The van der Waals surface area contributed by atoms with Crippen molar-refractivity contribution in [1.82, 2.24) is 0 Å². The molecule has 0 saturated heterocycles. The molecule has 2 aliphatic rings. The molecule has 2 aromatic carbocycles. The Morgan fingerprint density at radius 3 is 2.30 bits per heavy atom. The van der Waals surface area contributed by atoms with E-state index in [9.17, 15) is 0 Å². The standard InChI is InChI=1S/C28H32ClF/c1-3-19-5-9-21(10-6-19)22-13-15-24(16-14-22)26-18-17-25(27(29)28(26)30)23-11-7-20(4-2)8-12-23/h3,9,13-20,23H,1,4-8,10-12H2,2H3. The summed E-state index contributed by atoms with van der Waals surface area (Å²) in [6.45, 7) is 6.17. The molecule has 2 aromatic rings. The summed E-state index contributed by atoms with van der Waals surface area (Å²) in [7, 11) is 0. The molecule has 0 bridgehead atoms. The Balaban J connectivity index is 1.52. The minimum absolute atomic E-state index is 0.273. The highest BCUT2D eigenvalue weighted by atomic mass is 35.5. The van der Waals surface area contributed by atoms with Crippen molar-refractivity contribution in [2.24, 2.45) is 11.8 Å². The molecule has 30 heavy (non-hydrogen) atoms. The molecular weight excluding hydrogens is 391 g/mol. The average Bonchev–Trinajstić information content (AvgIpc) is 2.81. The van der Waals surface area contributed by atoms with Crippen LogP contribution in [0.4, 0.5) is 4.39 Å². The monoisotopic (exact) mass is 422 g/mol. The lowest BCUT2D eigenvalue weighted by Gasteiger charge is -2.29. The van der Waals surface area contributed by atoms with Gasteiger partial charge in [-0.2, -0.15) is 0 Å². The zero-order valence-corrected chi connectivity index (χ0v) is 18.7. The first-order valence-corrected chi connectivity index (χ1v) is 11.9. The van der Waals surface area contributed by atoms with Gasteiger partial charge in [0.05, 0.1) is 5.02 Å². The number of hydrogen-bond acceptors (Lipinski definition) is 0. The van der Waals surface area contributed by atoms with Crippen LogP contribution in [0.5, 0.6) is 0 Å². The smallest absolute Gasteiger partial charge is 0.149 e. The van der Waals surface area contributed by atoms with Gasteiger partial charge in [0.1, 0.15) is 5.82 Å². The second kappa shape index (κ2) is 9.52. The van der Waals surface area contributed by atoms with Crippen molar-refractivity contribution in [3.05, 3.63) is 77.1 Å². The molecule has 0 nitrogen and oxygen atoms in total. The second-order valence-electron chi connectivity index (χ2n) is 9.03. The van der Waals surface area contributed by atoms with Gasteiger partial charge in [-0.15, -0.1) is 6.58 Å².